The average Bonchev–Trinajstić information content (AvgIpc) is 3.00. The standard InChI is InChI=1S/C35H52O6/c1-4-7-10-13-14-17-20-33(38-40-34(36)31-25-21-29(22-26-31)18-15-11-8-5-2)39-41-35(37)32-27-23-30(24-28-32)19-16-12-9-6-3/h21-28,33H,4-20H2,1-3H3. The van der Waals surface area contributed by atoms with Gasteiger partial charge in [-0.05, 0) is 67.5 Å². The van der Waals surface area contributed by atoms with Crippen LogP contribution in [-0.4, -0.2) is 18.2 Å². The van der Waals surface area contributed by atoms with Gasteiger partial charge < -0.3 is 0 Å². The zero-order valence-electron chi connectivity index (χ0n) is 25.7. The molecule has 0 spiro atoms. The van der Waals surface area contributed by atoms with Crippen LogP contribution in [0.2, 0.25) is 0 Å². The third-order valence-electron chi connectivity index (χ3n) is 7.27. The molecule has 0 unspecified atom stereocenters. The Morgan fingerprint density at radius 2 is 0.878 bits per heavy atom. The summed E-state index contributed by atoms with van der Waals surface area (Å²) in [6, 6.07) is 14.8. The molecule has 2 rings (SSSR count). The van der Waals surface area contributed by atoms with Gasteiger partial charge in [0.1, 0.15) is 0 Å². The van der Waals surface area contributed by atoms with Gasteiger partial charge in [-0.2, -0.15) is 0 Å². The van der Waals surface area contributed by atoms with Crippen LogP contribution >= 0.6 is 0 Å². The Morgan fingerprint density at radius 1 is 0.512 bits per heavy atom. The van der Waals surface area contributed by atoms with Gasteiger partial charge in [0.2, 0.25) is 6.29 Å². The number of carbonyl (C=O) groups is 2. The van der Waals surface area contributed by atoms with Crippen molar-refractivity contribution in [1.82, 2.24) is 0 Å². The zero-order chi connectivity index (χ0) is 29.5. The third-order valence-corrected chi connectivity index (χ3v) is 7.27. The fourth-order valence-electron chi connectivity index (χ4n) is 4.62. The zero-order valence-corrected chi connectivity index (χ0v) is 25.7. The molecule has 0 aliphatic carbocycles. The molecule has 6 heteroatoms. The SMILES string of the molecule is CCCCCCCCC(OOC(=O)c1ccc(CCCCCC)cc1)OOC(=O)c1ccc(CCCCCC)cc1. The van der Waals surface area contributed by atoms with Gasteiger partial charge in [-0.25, -0.2) is 9.59 Å². The van der Waals surface area contributed by atoms with Gasteiger partial charge in [-0.1, -0.05) is 116 Å². The van der Waals surface area contributed by atoms with Crippen molar-refractivity contribution in [3.63, 3.8) is 0 Å². The molecule has 0 saturated heterocycles. The minimum atomic E-state index is -1.01. The van der Waals surface area contributed by atoms with Gasteiger partial charge in [0.25, 0.3) is 0 Å². The molecule has 41 heavy (non-hydrogen) atoms. The van der Waals surface area contributed by atoms with Crippen LogP contribution in [0.3, 0.4) is 0 Å². The van der Waals surface area contributed by atoms with E-state index in [9.17, 15) is 9.59 Å². The second-order valence-electron chi connectivity index (χ2n) is 10.9. The third kappa shape index (κ3) is 15.2. The predicted molar refractivity (Wildman–Crippen MR) is 163 cm³/mol. The largest absolute Gasteiger partial charge is 0.373 e. The van der Waals surface area contributed by atoms with Crippen LogP contribution in [0.15, 0.2) is 48.5 Å². The molecule has 6 nitrogen and oxygen atoms in total. The number of aryl methyl sites for hydroxylation is 2. The summed E-state index contributed by atoms with van der Waals surface area (Å²) >= 11 is 0. The van der Waals surface area contributed by atoms with E-state index in [-0.39, 0.29) is 0 Å². The van der Waals surface area contributed by atoms with Crippen molar-refractivity contribution in [1.29, 1.82) is 0 Å². The van der Waals surface area contributed by atoms with E-state index in [2.05, 4.69) is 20.8 Å². The maximum Gasteiger partial charge on any atom is 0.373 e. The molecule has 0 saturated carbocycles. The highest BCUT2D eigenvalue weighted by molar-refractivity contribution is 5.89. The van der Waals surface area contributed by atoms with E-state index in [0.717, 1.165) is 44.9 Å². The molecule has 0 atom stereocenters. The molecule has 0 aromatic heterocycles. The van der Waals surface area contributed by atoms with Crippen molar-refractivity contribution in [2.24, 2.45) is 0 Å². The Bertz CT molecular complexity index is 882. The topological polar surface area (TPSA) is 71.1 Å². The van der Waals surface area contributed by atoms with Gasteiger partial charge in [0, 0.05) is 6.42 Å². The Labute approximate surface area is 248 Å². The Hall–Kier alpha value is -2.70. The van der Waals surface area contributed by atoms with Crippen LogP contribution < -0.4 is 0 Å². The van der Waals surface area contributed by atoms with E-state index < -0.39 is 18.2 Å². The minimum absolute atomic E-state index is 0.396. The predicted octanol–water partition coefficient (Wildman–Crippen LogP) is 9.89. The summed E-state index contributed by atoms with van der Waals surface area (Å²) in [4.78, 5) is 46.0. The molecule has 0 N–H and O–H groups in total. The number of benzene rings is 2. The smallest absolute Gasteiger partial charge is 0.290 e. The van der Waals surface area contributed by atoms with Crippen LogP contribution in [0.4, 0.5) is 0 Å². The van der Waals surface area contributed by atoms with E-state index in [1.807, 2.05) is 24.3 Å². The molecule has 0 heterocycles. The minimum Gasteiger partial charge on any atom is -0.290 e. The summed E-state index contributed by atoms with van der Waals surface area (Å²) < 4.78 is 0. The van der Waals surface area contributed by atoms with Crippen LogP contribution in [-0.2, 0) is 32.4 Å². The molecule has 0 amide bonds. The van der Waals surface area contributed by atoms with Crippen molar-refractivity contribution in [2.45, 2.75) is 136 Å². The first kappa shape index (κ1) is 34.5. The highest BCUT2D eigenvalue weighted by atomic mass is 17.3. The fourth-order valence-corrected chi connectivity index (χ4v) is 4.62. The van der Waals surface area contributed by atoms with Crippen molar-refractivity contribution in [2.75, 3.05) is 0 Å². The van der Waals surface area contributed by atoms with Crippen molar-refractivity contribution in [3.05, 3.63) is 70.8 Å². The van der Waals surface area contributed by atoms with Crippen LogP contribution in [0, 0.1) is 0 Å². The van der Waals surface area contributed by atoms with E-state index >= 15 is 0 Å². The molecule has 0 radical (unpaired) electrons. The molecule has 228 valence electrons. The summed E-state index contributed by atoms with van der Waals surface area (Å²) in [6.07, 6.45) is 17.5. The lowest BCUT2D eigenvalue weighted by molar-refractivity contribution is -0.421. The summed E-state index contributed by atoms with van der Waals surface area (Å²) in [6.45, 7) is 6.58. The second kappa shape index (κ2) is 22.0. The Kier molecular flexibility index (Phi) is 18.5. The molecular weight excluding hydrogens is 516 g/mol. The molecular formula is C35H52O6. The van der Waals surface area contributed by atoms with E-state index in [1.165, 1.54) is 68.9 Å². The number of hydrogen-bond donors (Lipinski definition) is 0. The molecule has 0 fully saturated rings. The van der Waals surface area contributed by atoms with Crippen LogP contribution in [0.5, 0.6) is 0 Å². The number of unbranched alkanes of at least 4 members (excludes halogenated alkanes) is 11. The summed E-state index contributed by atoms with van der Waals surface area (Å²) in [7, 11) is 0. The van der Waals surface area contributed by atoms with Crippen molar-refractivity contribution >= 4 is 11.9 Å². The first-order chi connectivity index (χ1) is 20.1. The molecule has 0 bridgehead atoms. The highest BCUT2D eigenvalue weighted by Crippen LogP contribution is 2.16. The van der Waals surface area contributed by atoms with E-state index in [4.69, 9.17) is 19.6 Å². The van der Waals surface area contributed by atoms with Crippen molar-refractivity contribution in [3.8, 4) is 0 Å². The molecule has 0 aliphatic rings. The lowest BCUT2D eigenvalue weighted by Gasteiger charge is -2.15. The summed E-state index contributed by atoms with van der Waals surface area (Å²) in [5.74, 6) is -1.22. The van der Waals surface area contributed by atoms with E-state index in [0.29, 0.717) is 17.5 Å². The lowest BCUT2D eigenvalue weighted by atomic mass is 10.0. The summed E-state index contributed by atoms with van der Waals surface area (Å²) in [5.41, 5.74) is 3.18. The van der Waals surface area contributed by atoms with Crippen LogP contribution in [0.1, 0.15) is 149 Å². The first-order valence-electron chi connectivity index (χ1n) is 16.0. The normalized spacial score (nSPS) is 11.1. The number of rotatable bonds is 23. The van der Waals surface area contributed by atoms with Gasteiger partial charge in [0.15, 0.2) is 0 Å². The summed E-state index contributed by atoms with van der Waals surface area (Å²) in [5, 5.41) is 0. The monoisotopic (exact) mass is 568 g/mol. The maximum absolute atomic E-state index is 12.6. The van der Waals surface area contributed by atoms with Crippen molar-refractivity contribution < 1.29 is 29.1 Å². The Morgan fingerprint density at radius 3 is 1.29 bits per heavy atom. The van der Waals surface area contributed by atoms with Gasteiger partial charge >= 0.3 is 11.9 Å². The molecule has 2 aromatic rings. The maximum atomic E-state index is 12.6. The lowest BCUT2D eigenvalue weighted by Crippen LogP contribution is -2.22. The quantitative estimate of drug-likeness (QED) is 0.0575. The second-order valence-corrected chi connectivity index (χ2v) is 10.9. The number of hydrogen-bond acceptors (Lipinski definition) is 6. The van der Waals surface area contributed by atoms with Gasteiger partial charge in [-0.3, -0.25) is 9.78 Å². The van der Waals surface area contributed by atoms with Gasteiger partial charge in [0.05, 0.1) is 11.1 Å². The highest BCUT2D eigenvalue weighted by Gasteiger charge is 2.19. The number of carbonyl (C=O) groups excluding carboxylic acids is 2. The molecule has 2 aromatic carbocycles. The average molecular weight is 569 g/mol. The van der Waals surface area contributed by atoms with Gasteiger partial charge in [-0.15, -0.1) is 9.78 Å². The Balaban J connectivity index is 1.85. The first-order valence-corrected chi connectivity index (χ1v) is 16.0. The fraction of sp³-hybridized carbons (Fsp3) is 0.600. The molecule has 0 aliphatic heterocycles. The van der Waals surface area contributed by atoms with Crippen LogP contribution in [0.25, 0.3) is 0 Å². The van der Waals surface area contributed by atoms with E-state index in [1.54, 1.807) is 24.3 Å².